The van der Waals surface area contributed by atoms with Crippen LogP contribution in [0.2, 0.25) is 0 Å². The fourth-order valence-corrected chi connectivity index (χ4v) is 4.22. The van der Waals surface area contributed by atoms with Gasteiger partial charge < -0.3 is 10.2 Å². The molecule has 148 valence electrons. The molecule has 1 aromatic carbocycles. The van der Waals surface area contributed by atoms with Gasteiger partial charge in [-0.2, -0.15) is 0 Å². The molecular formula is C22H33N3O2. The van der Waals surface area contributed by atoms with Gasteiger partial charge in [-0.1, -0.05) is 37.3 Å². The Bertz CT molecular complexity index is 603. The molecule has 0 aromatic heterocycles. The van der Waals surface area contributed by atoms with Crippen molar-refractivity contribution in [3.05, 3.63) is 35.9 Å². The average molecular weight is 372 g/mol. The third kappa shape index (κ3) is 5.55. The van der Waals surface area contributed by atoms with Crippen molar-refractivity contribution in [3.8, 4) is 0 Å². The van der Waals surface area contributed by atoms with Crippen molar-refractivity contribution in [2.45, 2.75) is 45.6 Å². The monoisotopic (exact) mass is 371 g/mol. The van der Waals surface area contributed by atoms with Crippen LogP contribution in [0.1, 0.15) is 44.6 Å². The van der Waals surface area contributed by atoms with Gasteiger partial charge >= 0.3 is 0 Å². The molecule has 1 aromatic rings. The lowest BCUT2D eigenvalue weighted by Crippen LogP contribution is -2.50. The molecule has 0 atom stereocenters. The van der Waals surface area contributed by atoms with Gasteiger partial charge in [0.05, 0.1) is 0 Å². The molecule has 0 bridgehead atoms. The summed E-state index contributed by atoms with van der Waals surface area (Å²) in [5.74, 6) is 0.697. The van der Waals surface area contributed by atoms with Crippen molar-refractivity contribution in [1.29, 1.82) is 0 Å². The van der Waals surface area contributed by atoms with E-state index in [2.05, 4.69) is 41.4 Å². The van der Waals surface area contributed by atoms with Crippen LogP contribution in [-0.2, 0) is 16.1 Å². The summed E-state index contributed by atoms with van der Waals surface area (Å²) in [5.41, 5.74) is 1.33. The van der Waals surface area contributed by atoms with Crippen LogP contribution < -0.4 is 5.32 Å². The molecule has 1 saturated heterocycles. The number of rotatable bonds is 6. The molecular weight excluding hydrogens is 338 g/mol. The summed E-state index contributed by atoms with van der Waals surface area (Å²) in [7, 11) is 0. The molecule has 1 N–H and O–H groups in total. The maximum atomic E-state index is 12.9. The van der Waals surface area contributed by atoms with E-state index in [4.69, 9.17) is 0 Å². The first-order valence-electron chi connectivity index (χ1n) is 10.5. The topological polar surface area (TPSA) is 52.7 Å². The van der Waals surface area contributed by atoms with E-state index in [1.807, 2.05) is 11.0 Å². The van der Waals surface area contributed by atoms with E-state index in [0.29, 0.717) is 5.91 Å². The van der Waals surface area contributed by atoms with Crippen LogP contribution in [0.15, 0.2) is 30.3 Å². The largest absolute Gasteiger partial charge is 0.356 e. The first-order valence-corrected chi connectivity index (χ1v) is 10.5. The number of carbonyl (C=O) groups is 2. The highest BCUT2D eigenvalue weighted by molar-refractivity contribution is 5.81. The maximum absolute atomic E-state index is 12.9. The number of hydrogen-bond acceptors (Lipinski definition) is 3. The Labute approximate surface area is 163 Å². The van der Waals surface area contributed by atoms with E-state index in [9.17, 15) is 9.59 Å². The standard InChI is InChI=1S/C22H33N3O2/c1-2-12-23-21(26)19-8-10-20(11-9-19)22(27)25-15-13-24(14-16-25)17-18-6-4-3-5-7-18/h3-7,19-20H,2,8-17H2,1H3,(H,23,26). The minimum Gasteiger partial charge on any atom is -0.356 e. The van der Waals surface area contributed by atoms with Crippen LogP contribution in [-0.4, -0.2) is 54.3 Å². The second kappa shape index (κ2) is 9.88. The number of hydrogen-bond donors (Lipinski definition) is 1. The Hall–Kier alpha value is -1.88. The van der Waals surface area contributed by atoms with Gasteiger partial charge in [0.2, 0.25) is 11.8 Å². The molecule has 1 saturated carbocycles. The normalized spacial score (nSPS) is 23.8. The lowest BCUT2D eigenvalue weighted by atomic mass is 9.81. The highest BCUT2D eigenvalue weighted by atomic mass is 16.2. The molecule has 5 heteroatoms. The van der Waals surface area contributed by atoms with E-state index >= 15 is 0 Å². The number of nitrogens with one attached hydrogen (secondary N) is 1. The summed E-state index contributed by atoms with van der Waals surface area (Å²) in [5, 5.41) is 2.99. The predicted molar refractivity (Wildman–Crippen MR) is 107 cm³/mol. The third-order valence-electron chi connectivity index (χ3n) is 5.93. The molecule has 0 unspecified atom stereocenters. The SMILES string of the molecule is CCCNC(=O)C1CCC(C(=O)N2CCN(Cc3ccccc3)CC2)CC1. The zero-order chi connectivity index (χ0) is 19.1. The van der Waals surface area contributed by atoms with Crippen LogP contribution in [0.3, 0.4) is 0 Å². The van der Waals surface area contributed by atoms with E-state index in [0.717, 1.165) is 71.4 Å². The van der Waals surface area contributed by atoms with E-state index < -0.39 is 0 Å². The van der Waals surface area contributed by atoms with E-state index in [-0.39, 0.29) is 17.7 Å². The van der Waals surface area contributed by atoms with Crippen molar-refractivity contribution in [3.63, 3.8) is 0 Å². The third-order valence-corrected chi connectivity index (χ3v) is 5.93. The zero-order valence-corrected chi connectivity index (χ0v) is 16.5. The van der Waals surface area contributed by atoms with Crippen molar-refractivity contribution in [2.24, 2.45) is 11.8 Å². The molecule has 0 spiro atoms. The van der Waals surface area contributed by atoms with Crippen LogP contribution >= 0.6 is 0 Å². The van der Waals surface area contributed by atoms with Crippen molar-refractivity contribution in [2.75, 3.05) is 32.7 Å². The highest BCUT2D eigenvalue weighted by Gasteiger charge is 2.33. The molecule has 27 heavy (non-hydrogen) atoms. The molecule has 2 aliphatic rings. The number of carbonyl (C=O) groups excluding carboxylic acids is 2. The van der Waals surface area contributed by atoms with Gasteiger partial charge in [-0.15, -0.1) is 0 Å². The molecule has 3 rings (SSSR count). The Balaban J connectivity index is 1.40. The molecule has 0 radical (unpaired) electrons. The number of nitrogens with zero attached hydrogens (tertiary/aromatic N) is 2. The van der Waals surface area contributed by atoms with Crippen molar-refractivity contribution >= 4 is 11.8 Å². The van der Waals surface area contributed by atoms with Crippen molar-refractivity contribution < 1.29 is 9.59 Å². The van der Waals surface area contributed by atoms with E-state index in [1.165, 1.54) is 5.56 Å². The molecule has 1 heterocycles. The molecule has 5 nitrogen and oxygen atoms in total. The fourth-order valence-electron chi connectivity index (χ4n) is 4.22. The minimum absolute atomic E-state index is 0.100. The van der Waals surface area contributed by atoms with Crippen molar-refractivity contribution in [1.82, 2.24) is 15.1 Å². The van der Waals surface area contributed by atoms with Gasteiger partial charge in [-0.3, -0.25) is 14.5 Å². The second-order valence-electron chi connectivity index (χ2n) is 7.93. The van der Waals surface area contributed by atoms with Gasteiger partial charge in [0, 0.05) is 51.1 Å². The van der Waals surface area contributed by atoms with E-state index in [1.54, 1.807) is 0 Å². The number of amides is 2. The lowest BCUT2D eigenvalue weighted by molar-refractivity contribution is -0.140. The van der Waals surface area contributed by atoms with Gasteiger partial charge in [0.15, 0.2) is 0 Å². The first kappa shape index (κ1) is 19.9. The summed E-state index contributed by atoms with van der Waals surface area (Å²) < 4.78 is 0. The Kier molecular flexibility index (Phi) is 7.27. The first-order chi connectivity index (χ1) is 13.2. The highest BCUT2D eigenvalue weighted by Crippen LogP contribution is 2.30. The summed E-state index contributed by atoms with van der Waals surface area (Å²) in [6, 6.07) is 10.5. The van der Waals surface area contributed by atoms with Crippen LogP contribution in [0.5, 0.6) is 0 Å². The molecule has 2 fully saturated rings. The molecule has 1 aliphatic heterocycles. The summed E-state index contributed by atoms with van der Waals surface area (Å²) >= 11 is 0. The van der Waals surface area contributed by atoms with Crippen LogP contribution in [0.4, 0.5) is 0 Å². The van der Waals surface area contributed by atoms with Gasteiger partial charge in [-0.05, 0) is 37.7 Å². The predicted octanol–water partition coefficient (Wildman–Crippen LogP) is 2.66. The smallest absolute Gasteiger partial charge is 0.225 e. The quantitative estimate of drug-likeness (QED) is 0.836. The van der Waals surface area contributed by atoms with Gasteiger partial charge in [0.25, 0.3) is 0 Å². The summed E-state index contributed by atoms with van der Waals surface area (Å²) in [6.45, 7) is 7.30. The maximum Gasteiger partial charge on any atom is 0.225 e. The Morgan fingerprint density at radius 1 is 0.963 bits per heavy atom. The van der Waals surface area contributed by atoms with Crippen LogP contribution in [0, 0.1) is 11.8 Å². The number of benzene rings is 1. The number of piperazine rings is 1. The van der Waals surface area contributed by atoms with Gasteiger partial charge in [0.1, 0.15) is 0 Å². The zero-order valence-electron chi connectivity index (χ0n) is 16.5. The minimum atomic E-state index is 0.100. The molecule has 2 amide bonds. The summed E-state index contributed by atoms with van der Waals surface area (Å²) in [6.07, 6.45) is 4.37. The second-order valence-corrected chi connectivity index (χ2v) is 7.93. The Morgan fingerprint density at radius 3 is 2.22 bits per heavy atom. The fraction of sp³-hybridized carbons (Fsp3) is 0.636. The Morgan fingerprint density at radius 2 is 1.59 bits per heavy atom. The van der Waals surface area contributed by atoms with Gasteiger partial charge in [-0.25, -0.2) is 0 Å². The summed E-state index contributed by atoms with van der Waals surface area (Å²) in [4.78, 5) is 29.5. The lowest BCUT2D eigenvalue weighted by Gasteiger charge is -2.37. The molecule has 1 aliphatic carbocycles. The average Bonchev–Trinajstić information content (AvgIpc) is 2.73. The van der Waals surface area contributed by atoms with Crippen LogP contribution in [0.25, 0.3) is 0 Å².